The van der Waals surface area contributed by atoms with Gasteiger partial charge >= 0.3 is 0 Å². The first kappa shape index (κ1) is 18.6. The molecule has 0 saturated carbocycles. The van der Waals surface area contributed by atoms with Crippen LogP contribution in [0.2, 0.25) is 0 Å². The molecule has 0 spiro atoms. The number of H-pyrrole nitrogens is 1. The van der Waals surface area contributed by atoms with Crippen LogP contribution in [0.5, 0.6) is 0 Å². The Morgan fingerprint density at radius 1 is 0.964 bits per heavy atom. The van der Waals surface area contributed by atoms with Crippen LogP contribution in [0, 0.1) is 13.8 Å². The molecule has 2 aromatic heterocycles. The van der Waals surface area contributed by atoms with Gasteiger partial charge in [0.15, 0.2) is 0 Å². The molecule has 28 heavy (non-hydrogen) atoms. The normalized spacial score (nSPS) is 11.9. The van der Waals surface area contributed by atoms with Gasteiger partial charge in [0.05, 0.1) is 5.39 Å². The summed E-state index contributed by atoms with van der Waals surface area (Å²) < 4.78 is 0. The topological polar surface area (TPSA) is 45.8 Å². The Labute approximate surface area is 169 Å². The quantitative estimate of drug-likeness (QED) is 0.442. The zero-order chi connectivity index (χ0) is 20.1. The van der Waals surface area contributed by atoms with Crippen LogP contribution in [0.25, 0.3) is 32.7 Å². The summed E-state index contributed by atoms with van der Waals surface area (Å²) in [5.41, 5.74) is 5.41. The first-order chi connectivity index (χ1) is 13.3. The van der Waals surface area contributed by atoms with E-state index in [4.69, 9.17) is 4.98 Å². The van der Waals surface area contributed by atoms with E-state index >= 15 is 0 Å². The largest absolute Gasteiger partial charge is 0.306 e. The van der Waals surface area contributed by atoms with Gasteiger partial charge in [-0.25, -0.2) is 4.98 Å². The van der Waals surface area contributed by atoms with Crippen molar-refractivity contribution < 1.29 is 0 Å². The Balaban J connectivity index is 1.89. The Morgan fingerprint density at radius 2 is 1.64 bits per heavy atom. The number of aromatic nitrogens is 2. The summed E-state index contributed by atoms with van der Waals surface area (Å²) >= 11 is 1.58. The van der Waals surface area contributed by atoms with E-state index in [0.29, 0.717) is 11.2 Å². The van der Waals surface area contributed by atoms with Gasteiger partial charge in [0, 0.05) is 16.0 Å². The number of rotatable bonds is 2. The maximum atomic E-state index is 13.0. The molecular weight excluding hydrogens is 364 g/mol. The van der Waals surface area contributed by atoms with E-state index in [1.54, 1.807) is 11.3 Å². The van der Waals surface area contributed by atoms with Crippen molar-refractivity contribution in [2.75, 3.05) is 0 Å². The lowest BCUT2D eigenvalue weighted by molar-refractivity contribution is 0.590. The van der Waals surface area contributed by atoms with Gasteiger partial charge < -0.3 is 4.98 Å². The molecule has 0 atom stereocenters. The van der Waals surface area contributed by atoms with Gasteiger partial charge in [0.25, 0.3) is 5.56 Å². The van der Waals surface area contributed by atoms with Gasteiger partial charge in [0.1, 0.15) is 10.7 Å². The van der Waals surface area contributed by atoms with E-state index in [9.17, 15) is 4.79 Å². The Bertz CT molecular complexity index is 1220. The number of hydrogen-bond acceptors (Lipinski definition) is 3. The standard InChI is InChI=1S/C24H24N2OS/c1-14-8-6-7-9-18(14)21-25-22(27)20-19(15(2)28-23(20)26-21)16-10-12-17(13-11-16)24(3,4)5/h6-13H,1-5H3,(H,25,26,27). The van der Waals surface area contributed by atoms with Crippen molar-refractivity contribution in [1.82, 2.24) is 9.97 Å². The third-order valence-electron chi connectivity index (χ3n) is 5.18. The molecule has 142 valence electrons. The molecule has 2 heterocycles. The first-order valence-electron chi connectivity index (χ1n) is 9.46. The minimum absolute atomic E-state index is 0.0810. The van der Waals surface area contributed by atoms with Crippen LogP contribution in [0.3, 0.4) is 0 Å². The van der Waals surface area contributed by atoms with Crippen LogP contribution >= 0.6 is 11.3 Å². The fraction of sp³-hybridized carbons (Fsp3) is 0.250. The second-order valence-corrected chi connectivity index (χ2v) is 9.47. The summed E-state index contributed by atoms with van der Waals surface area (Å²) in [7, 11) is 0. The molecule has 0 amide bonds. The highest BCUT2D eigenvalue weighted by Gasteiger charge is 2.19. The molecule has 2 aromatic carbocycles. The van der Waals surface area contributed by atoms with Crippen molar-refractivity contribution >= 4 is 21.6 Å². The molecule has 0 aliphatic carbocycles. The zero-order valence-electron chi connectivity index (χ0n) is 16.9. The van der Waals surface area contributed by atoms with E-state index in [-0.39, 0.29) is 11.0 Å². The van der Waals surface area contributed by atoms with Crippen LogP contribution < -0.4 is 5.56 Å². The summed E-state index contributed by atoms with van der Waals surface area (Å²) in [5.74, 6) is 0.631. The molecule has 3 nitrogen and oxygen atoms in total. The predicted octanol–water partition coefficient (Wildman–Crippen LogP) is 6.23. The molecule has 4 rings (SSSR count). The minimum atomic E-state index is -0.0810. The number of benzene rings is 2. The Hall–Kier alpha value is -2.72. The molecule has 0 saturated heterocycles. The third-order valence-corrected chi connectivity index (χ3v) is 6.18. The van der Waals surface area contributed by atoms with E-state index < -0.39 is 0 Å². The van der Waals surface area contributed by atoms with Gasteiger partial charge in [-0.2, -0.15) is 0 Å². The summed E-state index contributed by atoms with van der Waals surface area (Å²) in [6.07, 6.45) is 0. The van der Waals surface area contributed by atoms with E-state index in [0.717, 1.165) is 32.0 Å². The predicted molar refractivity (Wildman–Crippen MR) is 119 cm³/mol. The molecule has 0 radical (unpaired) electrons. The van der Waals surface area contributed by atoms with Crippen molar-refractivity contribution in [3.8, 4) is 22.5 Å². The van der Waals surface area contributed by atoms with Gasteiger partial charge in [0.2, 0.25) is 0 Å². The fourth-order valence-electron chi connectivity index (χ4n) is 3.57. The summed E-state index contributed by atoms with van der Waals surface area (Å²) in [4.78, 5) is 22.7. The first-order valence-corrected chi connectivity index (χ1v) is 10.3. The highest BCUT2D eigenvalue weighted by Crippen LogP contribution is 2.37. The summed E-state index contributed by atoms with van der Waals surface area (Å²) in [6.45, 7) is 10.7. The van der Waals surface area contributed by atoms with Crippen LogP contribution in [-0.2, 0) is 5.41 Å². The molecule has 0 fully saturated rings. The molecule has 0 unspecified atom stereocenters. The molecule has 0 aliphatic heterocycles. The minimum Gasteiger partial charge on any atom is -0.306 e. The lowest BCUT2D eigenvalue weighted by Gasteiger charge is -2.19. The van der Waals surface area contributed by atoms with Gasteiger partial charge in [-0.3, -0.25) is 4.79 Å². The maximum Gasteiger partial charge on any atom is 0.260 e. The number of aromatic amines is 1. The molecular formula is C24H24N2OS. The number of thiophene rings is 1. The second kappa shape index (κ2) is 6.71. The number of nitrogens with zero attached hydrogens (tertiary/aromatic N) is 1. The lowest BCUT2D eigenvalue weighted by atomic mass is 9.86. The number of nitrogens with one attached hydrogen (secondary N) is 1. The zero-order valence-corrected chi connectivity index (χ0v) is 17.7. The molecule has 4 heteroatoms. The SMILES string of the molecule is Cc1ccccc1-c1nc2sc(C)c(-c3ccc(C(C)(C)C)cc3)c2c(=O)[nH]1. The maximum absolute atomic E-state index is 13.0. The monoisotopic (exact) mass is 388 g/mol. The van der Waals surface area contributed by atoms with Crippen molar-refractivity contribution in [2.24, 2.45) is 0 Å². The molecule has 0 aliphatic rings. The highest BCUT2D eigenvalue weighted by atomic mass is 32.1. The summed E-state index contributed by atoms with van der Waals surface area (Å²) in [6, 6.07) is 16.5. The van der Waals surface area contributed by atoms with Crippen molar-refractivity contribution in [1.29, 1.82) is 0 Å². The molecule has 4 aromatic rings. The van der Waals surface area contributed by atoms with E-state index in [1.807, 2.05) is 31.2 Å². The van der Waals surface area contributed by atoms with Gasteiger partial charge in [-0.1, -0.05) is 69.3 Å². The summed E-state index contributed by atoms with van der Waals surface area (Å²) in [5, 5.41) is 0.684. The molecule has 1 N–H and O–H groups in total. The van der Waals surface area contributed by atoms with E-state index in [1.165, 1.54) is 5.56 Å². The average Bonchev–Trinajstić information content (AvgIpc) is 2.98. The van der Waals surface area contributed by atoms with Crippen molar-refractivity contribution in [3.63, 3.8) is 0 Å². The highest BCUT2D eigenvalue weighted by molar-refractivity contribution is 7.19. The Morgan fingerprint density at radius 3 is 2.29 bits per heavy atom. The third kappa shape index (κ3) is 3.18. The lowest BCUT2D eigenvalue weighted by Crippen LogP contribution is -2.11. The van der Waals surface area contributed by atoms with Gasteiger partial charge in [-0.05, 0) is 36.0 Å². The second-order valence-electron chi connectivity index (χ2n) is 8.27. The van der Waals surface area contributed by atoms with Crippen molar-refractivity contribution in [3.05, 3.63) is 74.9 Å². The molecule has 0 bridgehead atoms. The van der Waals surface area contributed by atoms with Gasteiger partial charge in [-0.15, -0.1) is 11.3 Å². The average molecular weight is 389 g/mol. The smallest absolute Gasteiger partial charge is 0.260 e. The fourth-order valence-corrected chi connectivity index (χ4v) is 4.62. The van der Waals surface area contributed by atoms with E-state index in [2.05, 4.69) is 56.9 Å². The van der Waals surface area contributed by atoms with Crippen LogP contribution in [-0.4, -0.2) is 9.97 Å². The number of hydrogen-bond donors (Lipinski definition) is 1. The van der Waals surface area contributed by atoms with Crippen molar-refractivity contribution in [2.45, 2.75) is 40.0 Å². The number of aryl methyl sites for hydroxylation is 2. The number of fused-ring (bicyclic) bond motifs is 1. The van der Waals surface area contributed by atoms with Crippen LogP contribution in [0.15, 0.2) is 53.3 Å². The van der Waals surface area contributed by atoms with Crippen LogP contribution in [0.1, 0.15) is 36.8 Å². The Kier molecular flexibility index (Phi) is 4.47. The van der Waals surface area contributed by atoms with Crippen LogP contribution in [0.4, 0.5) is 0 Å².